The molecule has 0 atom stereocenters. The second-order valence-corrected chi connectivity index (χ2v) is 7.87. The van der Waals surface area contributed by atoms with Crippen LogP contribution in [0.15, 0.2) is 32.9 Å². The van der Waals surface area contributed by atoms with Gasteiger partial charge in [-0.3, -0.25) is 4.72 Å². The SMILES string of the molecule is CNCc1scc(C)c1S(=O)(=O)Nc1ccc(F)cc1Br. The van der Waals surface area contributed by atoms with E-state index < -0.39 is 15.8 Å². The van der Waals surface area contributed by atoms with Crippen LogP contribution in [0.2, 0.25) is 0 Å². The van der Waals surface area contributed by atoms with Gasteiger partial charge in [0.05, 0.1) is 5.69 Å². The number of thiophene rings is 1. The van der Waals surface area contributed by atoms with E-state index in [9.17, 15) is 12.8 Å². The lowest BCUT2D eigenvalue weighted by atomic mass is 10.3. The van der Waals surface area contributed by atoms with Gasteiger partial charge >= 0.3 is 0 Å². The van der Waals surface area contributed by atoms with Gasteiger partial charge in [-0.05, 0) is 59.0 Å². The van der Waals surface area contributed by atoms with Crippen LogP contribution in [0.3, 0.4) is 0 Å². The summed E-state index contributed by atoms with van der Waals surface area (Å²) < 4.78 is 41.1. The third-order valence-corrected chi connectivity index (χ3v) is 6.26. The molecule has 4 nitrogen and oxygen atoms in total. The van der Waals surface area contributed by atoms with Crippen molar-refractivity contribution in [3.63, 3.8) is 0 Å². The van der Waals surface area contributed by atoms with E-state index in [2.05, 4.69) is 26.0 Å². The maximum Gasteiger partial charge on any atom is 0.263 e. The van der Waals surface area contributed by atoms with E-state index in [4.69, 9.17) is 0 Å². The molecule has 2 N–H and O–H groups in total. The predicted molar refractivity (Wildman–Crippen MR) is 86.7 cm³/mol. The van der Waals surface area contributed by atoms with Crippen LogP contribution in [0.5, 0.6) is 0 Å². The highest BCUT2D eigenvalue weighted by molar-refractivity contribution is 9.10. The number of hydrogen-bond acceptors (Lipinski definition) is 4. The summed E-state index contributed by atoms with van der Waals surface area (Å²) in [6.07, 6.45) is 0. The Hall–Kier alpha value is -0.960. The van der Waals surface area contributed by atoms with Crippen LogP contribution >= 0.6 is 27.3 Å². The molecule has 0 unspecified atom stereocenters. The zero-order chi connectivity index (χ0) is 15.6. The van der Waals surface area contributed by atoms with Crippen molar-refractivity contribution >= 4 is 43.0 Å². The lowest BCUT2D eigenvalue weighted by Crippen LogP contribution is -2.17. The number of halogens is 2. The van der Waals surface area contributed by atoms with E-state index in [-0.39, 0.29) is 4.90 Å². The van der Waals surface area contributed by atoms with Gasteiger partial charge in [0.2, 0.25) is 0 Å². The molecule has 0 amide bonds. The summed E-state index contributed by atoms with van der Waals surface area (Å²) in [7, 11) is -1.96. The molecule has 1 aromatic carbocycles. The molecule has 0 saturated carbocycles. The number of nitrogens with one attached hydrogen (secondary N) is 2. The summed E-state index contributed by atoms with van der Waals surface area (Å²) in [6, 6.07) is 3.81. The zero-order valence-corrected chi connectivity index (χ0v) is 14.6. The van der Waals surface area contributed by atoms with Crippen LogP contribution in [0.1, 0.15) is 10.4 Å². The molecule has 0 saturated heterocycles. The highest BCUT2D eigenvalue weighted by atomic mass is 79.9. The van der Waals surface area contributed by atoms with E-state index in [1.165, 1.54) is 29.5 Å². The quantitative estimate of drug-likeness (QED) is 0.818. The lowest BCUT2D eigenvalue weighted by molar-refractivity contribution is 0.599. The monoisotopic (exact) mass is 392 g/mol. The minimum atomic E-state index is -3.72. The molecule has 2 rings (SSSR count). The molecule has 0 aliphatic carbocycles. The van der Waals surface area contributed by atoms with Gasteiger partial charge in [-0.2, -0.15) is 0 Å². The zero-order valence-electron chi connectivity index (χ0n) is 11.4. The Bertz CT molecular complexity index is 760. The molecule has 21 heavy (non-hydrogen) atoms. The largest absolute Gasteiger partial charge is 0.315 e. The first-order chi connectivity index (χ1) is 9.85. The Morgan fingerprint density at radius 2 is 2.10 bits per heavy atom. The Labute approximate surface area is 135 Å². The molecular formula is C13H14BrFN2O2S2. The van der Waals surface area contributed by atoms with E-state index in [0.29, 0.717) is 22.3 Å². The van der Waals surface area contributed by atoms with Gasteiger partial charge in [-0.25, -0.2) is 12.8 Å². The molecular weight excluding hydrogens is 379 g/mol. The molecule has 1 heterocycles. The van der Waals surface area contributed by atoms with Crippen molar-refractivity contribution in [2.75, 3.05) is 11.8 Å². The fraction of sp³-hybridized carbons (Fsp3) is 0.231. The van der Waals surface area contributed by atoms with Crippen molar-refractivity contribution in [3.8, 4) is 0 Å². The lowest BCUT2D eigenvalue weighted by Gasteiger charge is -2.11. The second-order valence-electron chi connectivity index (χ2n) is 4.43. The topological polar surface area (TPSA) is 58.2 Å². The average molecular weight is 393 g/mol. The predicted octanol–water partition coefficient (Wildman–Crippen LogP) is 3.48. The van der Waals surface area contributed by atoms with E-state index in [1.54, 1.807) is 19.4 Å². The molecule has 0 spiro atoms. The van der Waals surface area contributed by atoms with Crippen LogP contribution < -0.4 is 10.0 Å². The Balaban J connectivity index is 2.41. The maximum absolute atomic E-state index is 13.1. The van der Waals surface area contributed by atoms with E-state index in [0.717, 1.165) is 4.88 Å². The van der Waals surface area contributed by atoms with Crippen molar-refractivity contribution in [2.45, 2.75) is 18.4 Å². The summed E-state index contributed by atoms with van der Waals surface area (Å²) in [4.78, 5) is 1.01. The third kappa shape index (κ3) is 3.63. The molecule has 114 valence electrons. The molecule has 0 radical (unpaired) electrons. The van der Waals surface area contributed by atoms with Gasteiger partial charge in [0, 0.05) is 15.9 Å². The standard InChI is InChI=1S/C13H14BrFN2O2S2/c1-8-7-20-12(6-16-2)13(8)21(18,19)17-11-4-3-9(15)5-10(11)14/h3-5,7,16-17H,6H2,1-2H3. The normalized spacial score (nSPS) is 11.6. The van der Waals surface area contributed by atoms with Crippen LogP contribution in [-0.4, -0.2) is 15.5 Å². The fourth-order valence-corrected chi connectivity index (χ4v) is 5.38. The highest BCUT2D eigenvalue weighted by Gasteiger charge is 2.23. The minimum absolute atomic E-state index is 0.276. The summed E-state index contributed by atoms with van der Waals surface area (Å²) in [5.74, 6) is -0.438. The summed E-state index contributed by atoms with van der Waals surface area (Å²) in [5, 5.41) is 4.76. The molecule has 8 heteroatoms. The van der Waals surface area contributed by atoms with Gasteiger partial charge in [0.25, 0.3) is 10.0 Å². The Morgan fingerprint density at radius 1 is 1.38 bits per heavy atom. The number of anilines is 1. The fourth-order valence-electron chi connectivity index (χ4n) is 1.90. The van der Waals surface area contributed by atoms with Crippen molar-refractivity contribution in [1.29, 1.82) is 0 Å². The van der Waals surface area contributed by atoms with Crippen molar-refractivity contribution in [3.05, 3.63) is 44.3 Å². The van der Waals surface area contributed by atoms with Gasteiger partial charge < -0.3 is 5.32 Å². The molecule has 1 aromatic heterocycles. The van der Waals surface area contributed by atoms with Crippen LogP contribution in [0, 0.1) is 12.7 Å². The second kappa shape index (κ2) is 6.43. The number of aryl methyl sites for hydroxylation is 1. The molecule has 0 aliphatic heterocycles. The number of hydrogen-bond donors (Lipinski definition) is 2. The van der Waals surface area contributed by atoms with Crippen LogP contribution in [0.4, 0.5) is 10.1 Å². The van der Waals surface area contributed by atoms with E-state index >= 15 is 0 Å². The van der Waals surface area contributed by atoms with Crippen LogP contribution in [0.25, 0.3) is 0 Å². The summed E-state index contributed by atoms with van der Waals surface area (Å²) in [5.41, 5.74) is 0.994. The van der Waals surface area contributed by atoms with Crippen LogP contribution in [-0.2, 0) is 16.6 Å². The van der Waals surface area contributed by atoms with E-state index in [1.807, 2.05) is 0 Å². The van der Waals surface area contributed by atoms with Gasteiger partial charge in [-0.15, -0.1) is 11.3 Å². The Kier molecular flexibility index (Phi) is 5.03. The summed E-state index contributed by atoms with van der Waals surface area (Å²) >= 11 is 4.55. The number of rotatable bonds is 5. The first-order valence-corrected chi connectivity index (χ1v) is 9.20. The number of benzene rings is 1. The minimum Gasteiger partial charge on any atom is -0.315 e. The molecule has 0 bridgehead atoms. The first kappa shape index (κ1) is 16.4. The number of sulfonamides is 1. The molecule has 2 aromatic rings. The molecule has 0 fully saturated rings. The highest BCUT2D eigenvalue weighted by Crippen LogP contribution is 2.31. The van der Waals surface area contributed by atoms with Gasteiger partial charge in [0.15, 0.2) is 0 Å². The smallest absolute Gasteiger partial charge is 0.263 e. The summed E-state index contributed by atoms with van der Waals surface area (Å²) in [6.45, 7) is 2.23. The first-order valence-electron chi connectivity index (χ1n) is 6.04. The van der Waals surface area contributed by atoms with Gasteiger partial charge in [-0.1, -0.05) is 0 Å². The van der Waals surface area contributed by atoms with Crippen molar-refractivity contribution in [1.82, 2.24) is 5.32 Å². The molecule has 0 aliphatic rings. The Morgan fingerprint density at radius 3 is 2.71 bits per heavy atom. The maximum atomic E-state index is 13.1. The third-order valence-electron chi connectivity index (χ3n) is 2.77. The van der Waals surface area contributed by atoms with Crippen molar-refractivity contribution < 1.29 is 12.8 Å². The van der Waals surface area contributed by atoms with Crippen molar-refractivity contribution in [2.24, 2.45) is 0 Å². The van der Waals surface area contributed by atoms with Gasteiger partial charge in [0.1, 0.15) is 10.7 Å². The average Bonchev–Trinajstić information content (AvgIpc) is 2.75.